The van der Waals surface area contributed by atoms with Crippen LogP contribution in [0.4, 0.5) is 0 Å². The lowest BCUT2D eigenvalue weighted by molar-refractivity contribution is 0.393. The quantitative estimate of drug-likeness (QED) is 0.318. The lowest BCUT2D eigenvalue weighted by Gasteiger charge is -2.10. The van der Waals surface area contributed by atoms with Crippen LogP contribution in [-0.4, -0.2) is 24.2 Å². The third-order valence-electron chi connectivity index (χ3n) is 4.23. The van der Waals surface area contributed by atoms with Crippen LogP contribution in [-0.2, 0) is 12.2 Å². The monoisotopic (exact) mass is 430 g/mol. The molecule has 29 heavy (non-hydrogen) atoms. The summed E-state index contributed by atoms with van der Waals surface area (Å²) in [5, 5.41) is 1.37. The summed E-state index contributed by atoms with van der Waals surface area (Å²) in [5.74, 6) is 3.40. The molecule has 0 aliphatic heterocycles. The number of hydrogen-bond donors (Lipinski definition) is 0. The molecule has 0 unspecified atom stereocenters. The molecular weight excluding hydrogens is 408 g/mol. The van der Waals surface area contributed by atoms with Gasteiger partial charge in [-0.05, 0) is 54.8 Å². The fourth-order valence-corrected chi connectivity index (χ4v) is 3.56. The molecule has 0 aliphatic rings. The zero-order chi connectivity index (χ0) is 20.8. The van der Waals surface area contributed by atoms with Gasteiger partial charge in [0.1, 0.15) is 17.2 Å². The van der Waals surface area contributed by atoms with Crippen molar-refractivity contribution < 1.29 is 14.2 Å². The number of benzene rings is 2. The molecule has 5 nitrogen and oxygen atoms in total. The Kier molecular flexibility index (Phi) is 7.23. The van der Waals surface area contributed by atoms with Gasteiger partial charge in [-0.2, -0.15) is 4.98 Å². The van der Waals surface area contributed by atoms with Gasteiger partial charge < -0.3 is 14.2 Å². The van der Waals surface area contributed by atoms with E-state index >= 15 is 0 Å². The number of aromatic nitrogens is 2. The lowest BCUT2D eigenvalue weighted by atomic mass is 10.2. The Labute approximate surface area is 180 Å². The highest BCUT2D eigenvalue weighted by atomic mass is 35.5. The Morgan fingerprint density at radius 1 is 0.931 bits per heavy atom. The van der Waals surface area contributed by atoms with Crippen LogP contribution in [0.15, 0.2) is 47.6 Å². The molecule has 3 rings (SSSR count). The topological polar surface area (TPSA) is 53.5 Å². The maximum absolute atomic E-state index is 6.10. The zero-order valence-electron chi connectivity index (χ0n) is 16.9. The van der Waals surface area contributed by atoms with Crippen molar-refractivity contribution in [3.05, 3.63) is 64.3 Å². The molecule has 1 aromatic heterocycles. The highest BCUT2D eigenvalue weighted by Gasteiger charge is 2.09. The highest BCUT2D eigenvalue weighted by Crippen LogP contribution is 2.30. The van der Waals surface area contributed by atoms with Crippen LogP contribution in [0.3, 0.4) is 0 Å². The number of aryl methyl sites for hydroxylation is 2. The van der Waals surface area contributed by atoms with Gasteiger partial charge in [-0.25, -0.2) is 4.98 Å². The van der Waals surface area contributed by atoms with E-state index in [1.54, 1.807) is 14.2 Å². The summed E-state index contributed by atoms with van der Waals surface area (Å²) in [5.41, 5.74) is 2.94. The molecule has 0 fully saturated rings. The van der Waals surface area contributed by atoms with Gasteiger partial charge in [0, 0.05) is 28.6 Å². The van der Waals surface area contributed by atoms with Crippen LogP contribution < -0.4 is 14.2 Å². The molecular formula is C22H23ClN2O3S. The van der Waals surface area contributed by atoms with Crippen molar-refractivity contribution in [2.75, 3.05) is 14.2 Å². The summed E-state index contributed by atoms with van der Waals surface area (Å²) in [6.45, 7) is 4.00. The molecule has 0 amide bonds. The minimum absolute atomic E-state index is 0.518. The first-order valence-corrected chi connectivity index (χ1v) is 10.5. The third kappa shape index (κ3) is 5.78. The fraction of sp³-hybridized carbons (Fsp3) is 0.273. The van der Waals surface area contributed by atoms with E-state index in [-0.39, 0.29) is 0 Å². The number of hydrogen-bond acceptors (Lipinski definition) is 6. The Hall–Kier alpha value is -2.44. The van der Waals surface area contributed by atoms with E-state index in [0.717, 1.165) is 34.7 Å². The minimum atomic E-state index is 0.518. The molecule has 0 bridgehead atoms. The van der Waals surface area contributed by atoms with Gasteiger partial charge in [-0.3, -0.25) is 0 Å². The largest absolute Gasteiger partial charge is 0.497 e. The van der Waals surface area contributed by atoms with E-state index in [9.17, 15) is 0 Å². The average molecular weight is 431 g/mol. The Morgan fingerprint density at radius 2 is 1.66 bits per heavy atom. The van der Waals surface area contributed by atoms with Gasteiger partial charge in [0.05, 0.1) is 14.2 Å². The molecule has 0 radical (unpaired) electrons. The van der Waals surface area contributed by atoms with E-state index in [2.05, 4.69) is 16.9 Å². The minimum Gasteiger partial charge on any atom is -0.497 e. The molecule has 2 aromatic carbocycles. The van der Waals surface area contributed by atoms with Gasteiger partial charge in [0.2, 0.25) is 5.88 Å². The second-order valence-electron chi connectivity index (χ2n) is 6.36. The van der Waals surface area contributed by atoms with Gasteiger partial charge >= 0.3 is 0 Å². The first-order chi connectivity index (χ1) is 14.0. The molecule has 152 valence electrons. The first-order valence-electron chi connectivity index (χ1n) is 9.17. The Morgan fingerprint density at radius 3 is 2.28 bits per heavy atom. The Bertz CT molecular complexity index is 976. The average Bonchev–Trinajstić information content (AvgIpc) is 2.74. The summed E-state index contributed by atoms with van der Waals surface area (Å²) in [4.78, 5) is 9.18. The van der Waals surface area contributed by atoms with Gasteiger partial charge in [-0.1, -0.05) is 30.3 Å². The van der Waals surface area contributed by atoms with E-state index in [1.165, 1.54) is 11.8 Å². The van der Waals surface area contributed by atoms with E-state index in [4.69, 9.17) is 25.8 Å². The predicted octanol–water partition coefficient (Wildman–Crippen LogP) is 6.10. The van der Waals surface area contributed by atoms with Gasteiger partial charge in [0.15, 0.2) is 5.16 Å². The Balaban J connectivity index is 1.79. The number of rotatable bonds is 8. The normalized spacial score (nSPS) is 10.7. The number of thioether (sulfide) groups is 1. The number of nitrogens with zero attached hydrogens (tertiary/aromatic N) is 2. The van der Waals surface area contributed by atoms with Gasteiger partial charge in [-0.15, -0.1) is 0 Å². The van der Waals surface area contributed by atoms with Crippen molar-refractivity contribution in [2.45, 2.75) is 31.2 Å². The summed E-state index contributed by atoms with van der Waals surface area (Å²) in [7, 11) is 3.28. The van der Waals surface area contributed by atoms with Crippen LogP contribution in [0.1, 0.15) is 23.7 Å². The van der Waals surface area contributed by atoms with Crippen molar-refractivity contribution in [1.82, 2.24) is 9.97 Å². The van der Waals surface area contributed by atoms with Crippen LogP contribution >= 0.6 is 23.4 Å². The zero-order valence-corrected chi connectivity index (χ0v) is 18.4. The predicted molar refractivity (Wildman–Crippen MR) is 117 cm³/mol. The summed E-state index contributed by atoms with van der Waals surface area (Å²) < 4.78 is 16.6. The summed E-state index contributed by atoms with van der Waals surface area (Å²) in [6, 6.07) is 13.2. The molecule has 0 saturated heterocycles. The molecule has 0 N–H and O–H groups in total. The summed E-state index contributed by atoms with van der Waals surface area (Å²) in [6.07, 6.45) is 0.791. The molecule has 0 aliphatic carbocycles. The van der Waals surface area contributed by atoms with Crippen molar-refractivity contribution in [3.8, 4) is 23.1 Å². The van der Waals surface area contributed by atoms with Crippen molar-refractivity contribution in [2.24, 2.45) is 0 Å². The van der Waals surface area contributed by atoms with Crippen molar-refractivity contribution in [1.29, 1.82) is 0 Å². The third-order valence-corrected chi connectivity index (χ3v) is 5.57. The SMILES string of the molecule is CCc1cc(Oc2ccc(Cl)c(C)c2)nc(SCc2cc(OC)cc(OC)c2)n1. The van der Waals surface area contributed by atoms with Crippen LogP contribution in [0.5, 0.6) is 23.1 Å². The van der Waals surface area contributed by atoms with E-state index < -0.39 is 0 Å². The van der Waals surface area contributed by atoms with Crippen LogP contribution in [0.2, 0.25) is 5.02 Å². The lowest BCUT2D eigenvalue weighted by Crippen LogP contribution is -1.98. The molecule has 3 aromatic rings. The standard InChI is InChI=1S/C22H23ClN2O3S/c1-5-16-11-21(28-17-6-7-20(23)14(2)8-17)25-22(24-16)29-13-15-9-18(26-3)12-19(10-15)27-4/h6-12H,5,13H2,1-4H3. The maximum Gasteiger partial charge on any atom is 0.223 e. The second kappa shape index (κ2) is 9.85. The second-order valence-corrected chi connectivity index (χ2v) is 7.71. The highest BCUT2D eigenvalue weighted by molar-refractivity contribution is 7.98. The molecule has 0 atom stereocenters. The smallest absolute Gasteiger partial charge is 0.223 e. The molecule has 7 heteroatoms. The summed E-state index contributed by atoms with van der Waals surface area (Å²) >= 11 is 7.63. The number of halogens is 1. The molecule has 0 saturated carbocycles. The molecule has 1 heterocycles. The first kappa shape index (κ1) is 21.3. The van der Waals surface area contributed by atoms with E-state index in [0.29, 0.717) is 27.6 Å². The van der Waals surface area contributed by atoms with Crippen molar-refractivity contribution in [3.63, 3.8) is 0 Å². The van der Waals surface area contributed by atoms with Crippen LogP contribution in [0, 0.1) is 6.92 Å². The van der Waals surface area contributed by atoms with Gasteiger partial charge in [0.25, 0.3) is 0 Å². The number of methoxy groups -OCH3 is 2. The number of ether oxygens (including phenoxy) is 3. The maximum atomic E-state index is 6.10. The van der Waals surface area contributed by atoms with Crippen LogP contribution in [0.25, 0.3) is 0 Å². The van der Waals surface area contributed by atoms with Crippen molar-refractivity contribution >= 4 is 23.4 Å². The fourth-order valence-electron chi connectivity index (χ4n) is 2.65. The van der Waals surface area contributed by atoms with E-state index in [1.807, 2.05) is 49.4 Å². The molecule has 0 spiro atoms.